The number of carbonyl (C=O) groups is 1. The zero-order valence-electron chi connectivity index (χ0n) is 10.3. The number of ether oxygens (including phenoxy) is 1. The van der Waals surface area contributed by atoms with Crippen LogP contribution in [0.4, 0.5) is 5.69 Å². The molecular weight excluding hydrogens is 272 g/mol. The molecule has 0 aliphatic heterocycles. The van der Waals surface area contributed by atoms with E-state index in [0.717, 1.165) is 0 Å². The van der Waals surface area contributed by atoms with Crippen LogP contribution in [0, 0.1) is 0 Å². The Morgan fingerprint density at radius 2 is 2.21 bits per heavy atom. The van der Waals surface area contributed by atoms with Crippen LogP contribution in [0.1, 0.15) is 10.4 Å². The number of anilines is 1. The number of halogens is 1. The van der Waals surface area contributed by atoms with Gasteiger partial charge in [0.2, 0.25) is 0 Å². The second-order valence-electron chi connectivity index (χ2n) is 3.86. The molecule has 0 fully saturated rings. The molecule has 0 heterocycles. The van der Waals surface area contributed by atoms with E-state index in [2.05, 4.69) is 10.1 Å². The van der Waals surface area contributed by atoms with Gasteiger partial charge in [-0.05, 0) is 12.1 Å². The minimum Gasteiger partial charge on any atom is -0.465 e. The molecule has 19 heavy (non-hydrogen) atoms. The van der Waals surface area contributed by atoms with Gasteiger partial charge in [-0.2, -0.15) is 0 Å². The molecule has 0 aromatic heterocycles. The van der Waals surface area contributed by atoms with Gasteiger partial charge < -0.3 is 25.2 Å². The van der Waals surface area contributed by atoms with E-state index in [9.17, 15) is 19.9 Å². The van der Waals surface area contributed by atoms with Crippen molar-refractivity contribution in [2.75, 3.05) is 24.9 Å². The van der Waals surface area contributed by atoms with Crippen LogP contribution in [0.15, 0.2) is 18.2 Å². The normalized spacial score (nSPS) is 11.8. The molecule has 1 aromatic carbocycles. The van der Waals surface area contributed by atoms with Crippen LogP contribution in [0.3, 0.4) is 0 Å². The molecule has 0 aliphatic carbocycles. The number of rotatable bonds is 6. The van der Waals surface area contributed by atoms with E-state index in [4.69, 9.17) is 11.6 Å². The first kappa shape index (κ1) is 15.8. The number of hydrogen-bond acceptors (Lipinski definition) is 6. The summed E-state index contributed by atoms with van der Waals surface area (Å²) in [6.07, 6.45) is -0.785. The van der Waals surface area contributed by atoms with Crippen molar-refractivity contribution in [1.29, 1.82) is 0 Å². The fourth-order valence-electron chi connectivity index (χ4n) is 1.46. The van der Waals surface area contributed by atoms with Crippen molar-refractivity contribution >= 4 is 35.8 Å². The summed E-state index contributed by atoms with van der Waals surface area (Å²) in [5.41, 5.74) is 0.770. The van der Waals surface area contributed by atoms with Gasteiger partial charge in [-0.25, -0.2) is 4.79 Å². The summed E-state index contributed by atoms with van der Waals surface area (Å²) in [5, 5.41) is 30.6. The quantitative estimate of drug-likeness (QED) is 0.309. The monoisotopic (exact) mass is 287 g/mol. The minimum absolute atomic E-state index is 0.0424. The predicted octanol–water partition coefficient (Wildman–Crippen LogP) is -0.835. The van der Waals surface area contributed by atoms with Crippen molar-refractivity contribution in [3.63, 3.8) is 0 Å². The molecule has 8 heteroatoms. The second-order valence-corrected chi connectivity index (χ2v) is 4.16. The molecule has 0 saturated heterocycles. The molecule has 0 radical (unpaired) electrons. The first-order valence-corrected chi connectivity index (χ1v) is 6.09. The van der Waals surface area contributed by atoms with Gasteiger partial charge in [0.25, 0.3) is 0 Å². The lowest BCUT2D eigenvalue weighted by Gasteiger charge is -2.15. The summed E-state index contributed by atoms with van der Waals surface area (Å²) in [5.74, 6) is -0.499. The van der Waals surface area contributed by atoms with Crippen molar-refractivity contribution in [3.8, 4) is 0 Å². The molecule has 1 rings (SSSR count). The summed E-state index contributed by atoms with van der Waals surface area (Å²) in [4.78, 5) is 11.4. The van der Waals surface area contributed by atoms with Gasteiger partial charge in [-0.1, -0.05) is 6.07 Å². The predicted molar refractivity (Wildman–Crippen MR) is 72.8 cm³/mol. The highest BCUT2D eigenvalue weighted by atomic mass is 35.5. The highest BCUT2D eigenvalue weighted by Gasteiger charge is 2.18. The Kier molecular flexibility index (Phi) is 6.10. The Balaban J connectivity index is 2.98. The maximum absolute atomic E-state index is 11.4. The standard InChI is InChI=1S/C11H15BClNO5/c1-19-11(16)7-2-3-9(12(17)18)10(4-7)14-6-8(15)5-13/h2-4,8,14-15,17-18H,5-6H2,1H3. The maximum atomic E-state index is 11.4. The Bertz CT molecular complexity index is 443. The SMILES string of the molecule is COC(=O)c1ccc(B(O)O)c(NCC(O)CCl)c1. The van der Waals surface area contributed by atoms with E-state index in [-0.39, 0.29) is 23.5 Å². The molecule has 0 bridgehead atoms. The highest BCUT2D eigenvalue weighted by molar-refractivity contribution is 6.60. The Morgan fingerprint density at radius 3 is 2.74 bits per heavy atom. The molecule has 0 amide bonds. The van der Waals surface area contributed by atoms with Crippen LogP contribution < -0.4 is 10.8 Å². The lowest BCUT2D eigenvalue weighted by molar-refractivity contribution is 0.0601. The van der Waals surface area contributed by atoms with E-state index in [1.54, 1.807) is 0 Å². The van der Waals surface area contributed by atoms with Crippen LogP contribution in [0.5, 0.6) is 0 Å². The molecule has 0 spiro atoms. The van der Waals surface area contributed by atoms with Gasteiger partial charge in [-0.3, -0.25) is 0 Å². The molecule has 104 valence electrons. The first-order chi connectivity index (χ1) is 8.99. The maximum Gasteiger partial charge on any atom is 0.490 e. The molecular formula is C11H15BClNO5. The Hall–Kier alpha value is -1.28. The molecule has 0 aliphatic rings. The number of alkyl halides is 1. The number of aliphatic hydroxyl groups excluding tert-OH is 1. The van der Waals surface area contributed by atoms with E-state index in [1.165, 1.54) is 25.3 Å². The first-order valence-electron chi connectivity index (χ1n) is 5.56. The third kappa shape index (κ3) is 4.39. The Labute approximate surface area is 116 Å². The second kappa shape index (κ2) is 7.35. The van der Waals surface area contributed by atoms with Crippen LogP contribution in [0.2, 0.25) is 0 Å². The topological polar surface area (TPSA) is 99.0 Å². The zero-order chi connectivity index (χ0) is 14.4. The lowest BCUT2D eigenvalue weighted by atomic mass is 9.78. The molecule has 6 nitrogen and oxygen atoms in total. The fraction of sp³-hybridized carbons (Fsp3) is 0.364. The summed E-state index contributed by atoms with van der Waals surface area (Å²) < 4.78 is 4.58. The largest absolute Gasteiger partial charge is 0.490 e. The fourth-order valence-corrected chi connectivity index (χ4v) is 1.57. The van der Waals surface area contributed by atoms with E-state index < -0.39 is 19.2 Å². The number of methoxy groups -OCH3 is 1. The van der Waals surface area contributed by atoms with E-state index in [0.29, 0.717) is 5.69 Å². The van der Waals surface area contributed by atoms with Crippen molar-refractivity contribution in [1.82, 2.24) is 0 Å². The van der Waals surface area contributed by atoms with Crippen molar-refractivity contribution in [3.05, 3.63) is 23.8 Å². The molecule has 1 aromatic rings. The van der Waals surface area contributed by atoms with Crippen LogP contribution in [-0.4, -0.2) is 53.9 Å². The minimum atomic E-state index is -1.69. The summed E-state index contributed by atoms with van der Waals surface area (Å²) in [6.45, 7) is 0.119. The van der Waals surface area contributed by atoms with Gasteiger partial charge in [0, 0.05) is 17.7 Å². The average Bonchev–Trinajstić information content (AvgIpc) is 2.43. The van der Waals surface area contributed by atoms with Crippen molar-refractivity contribution in [2.45, 2.75) is 6.10 Å². The number of benzene rings is 1. The average molecular weight is 288 g/mol. The molecule has 4 N–H and O–H groups in total. The van der Waals surface area contributed by atoms with E-state index >= 15 is 0 Å². The number of carbonyl (C=O) groups excluding carboxylic acids is 1. The summed E-state index contributed by atoms with van der Waals surface area (Å²) in [6, 6.07) is 4.23. The van der Waals surface area contributed by atoms with Crippen molar-refractivity contribution in [2.24, 2.45) is 0 Å². The number of nitrogens with one attached hydrogen (secondary N) is 1. The molecule has 0 saturated carbocycles. The van der Waals surface area contributed by atoms with E-state index in [1.807, 2.05) is 0 Å². The Morgan fingerprint density at radius 1 is 1.53 bits per heavy atom. The lowest BCUT2D eigenvalue weighted by Crippen LogP contribution is -2.34. The van der Waals surface area contributed by atoms with Gasteiger partial charge >= 0.3 is 13.1 Å². The molecule has 1 unspecified atom stereocenters. The molecule has 1 atom stereocenters. The summed E-state index contributed by atoms with van der Waals surface area (Å²) >= 11 is 5.46. The van der Waals surface area contributed by atoms with Crippen LogP contribution in [-0.2, 0) is 4.74 Å². The number of aliphatic hydroxyl groups is 1. The number of hydrogen-bond donors (Lipinski definition) is 4. The van der Waals surface area contributed by atoms with Gasteiger partial charge in [-0.15, -0.1) is 11.6 Å². The highest BCUT2D eigenvalue weighted by Crippen LogP contribution is 2.10. The van der Waals surface area contributed by atoms with Crippen LogP contribution >= 0.6 is 11.6 Å². The van der Waals surface area contributed by atoms with Gasteiger partial charge in [0.15, 0.2) is 0 Å². The smallest absolute Gasteiger partial charge is 0.465 e. The number of esters is 1. The van der Waals surface area contributed by atoms with Crippen LogP contribution in [0.25, 0.3) is 0 Å². The third-order valence-electron chi connectivity index (χ3n) is 2.46. The van der Waals surface area contributed by atoms with Gasteiger partial charge in [0.1, 0.15) is 0 Å². The van der Waals surface area contributed by atoms with Crippen molar-refractivity contribution < 1.29 is 24.7 Å². The zero-order valence-corrected chi connectivity index (χ0v) is 11.1. The van der Waals surface area contributed by atoms with Gasteiger partial charge in [0.05, 0.1) is 24.7 Å². The summed E-state index contributed by atoms with van der Waals surface area (Å²) in [7, 11) is -0.441. The third-order valence-corrected chi connectivity index (χ3v) is 2.82.